The van der Waals surface area contributed by atoms with Crippen molar-refractivity contribution in [2.24, 2.45) is 0 Å². The average molecular weight is 389 g/mol. The van der Waals surface area contributed by atoms with Crippen molar-refractivity contribution >= 4 is 38.4 Å². The van der Waals surface area contributed by atoms with Gasteiger partial charge in [0, 0.05) is 35.6 Å². The maximum atomic E-state index is 12.7. The molecule has 0 spiro atoms. The van der Waals surface area contributed by atoms with Crippen molar-refractivity contribution in [1.82, 2.24) is 15.1 Å². The van der Waals surface area contributed by atoms with Crippen LogP contribution in [0.2, 0.25) is 0 Å². The summed E-state index contributed by atoms with van der Waals surface area (Å²) in [5.74, 6) is -0.308. The highest BCUT2D eigenvalue weighted by atomic mass is 79.9. The Labute approximate surface area is 145 Å². The highest BCUT2D eigenvalue weighted by molar-refractivity contribution is 9.10. The molecule has 0 aliphatic carbocycles. The Morgan fingerprint density at radius 2 is 2.08 bits per heavy atom. The Morgan fingerprint density at radius 3 is 2.79 bits per heavy atom. The fraction of sp³-hybridized carbons (Fsp3) is 0.125. The maximum absolute atomic E-state index is 12.7. The van der Waals surface area contributed by atoms with Gasteiger partial charge in [0.2, 0.25) is 0 Å². The van der Waals surface area contributed by atoms with Crippen molar-refractivity contribution in [3.8, 4) is 0 Å². The fourth-order valence-electron chi connectivity index (χ4n) is 2.41. The molecule has 0 unspecified atom stereocenters. The normalized spacial score (nSPS) is 10.8. The van der Waals surface area contributed by atoms with Crippen LogP contribution in [0.1, 0.15) is 16.1 Å². The van der Waals surface area contributed by atoms with Crippen molar-refractivity contribution in [2.45, 2.75) is 6.54 Å². The first-order valence-electron chi connectivity index (χ1n) is 7.09. The first-order chi connectivity index (χ1) is 11.5. The topological polar surface area (TPSA) is 92.1 Å². The molecule has 2 aromatic carbocycles. The molecular weight excluding hydrogens is 376 g/mol. The summed E-state index contributed by atoms with van der Waals surface area (Å²) < 4.78 is 0.909. The number of hydrogen-bond acceptors (Lipinski definition) is 4. The van der Waals surface area contributed by atoms with Gasteiger partial charge >= 0.3 is 0 Å². The molecule has 0 aliphatic rings. The van der Waals surface area contributed by atoms with E-state index < -0.39 is 4.92 Å². The number of H-pyrrole nitrogens is 1. The van der Waals surface area contributed by atoms with Crippen LogP contribution in [-0.4, -0.2) is 33.0 Å². The number of non-ortho nitro benzene ring substituents is 1. The van der Waals surface area contributed by atoms with E-state index in [4.69, 9.17) is 0 Å². The van der Waals surface area contributed by atoms with Crippen LogP contribution in [0.5, 0.6) is 0 Å². The molecule has 24 heavy (non-hydrogen) atoms. The van der Waals surface area contributed by atoms with Gasteiger partial charge in [-0.15, -0.1) is 0 Å². The molecule has 8 heteroatoms. The second-order valence-electron chi connectivity index (χ2n) is 5.31. The molecule has 7 nitrogen and oxygen atoms in total. The van der Waals surface area contributed by atoms with E-state index in [0.717, 1.165) is 10.0 Å². The van der Waals surface area contributed by atoms with Crippen molar-refractivity contribution in [1.29, 1.82) is 0 Å². The lowest BCUT2D eigenvalue weighted by Crippen LogP contribution is -2.26. The lowest BCUT2D eigenvalue weighted by atomic mass is 10.1. The highest BCUT2D eigenvalue weighted by Crippen LogP contribution is 2.24. The van der Waals surface area contributed by atoms with E-state index >= 15 is 0 Å². The van der Waals surface area contributed by atoms with E-state index in [2.05, 4.69) is 26.1 Å². The quantitative estimate of drug-likeness (QED) is 0.546. The summed E-state index contributed by atoms with van der Waals surface area (Å²) >= 11 is 3.45. The molecule has 1 aromatic heterocycles. The Bertz CT molecular complexity index is 938. The third kappa shape index (κ3) is 3.00. The second kappa shape index (κ2) is 6.40. The lowest BCUT2D eigenvalue weighted by molar-refractivity contribution is -0.384. The van der Waals surface area contributed by atoms with Crippen LogP contribution in [0, 0.1) is 10.1 Å². The number of aromatic amines is 1. The number of halogens is 1. The highest BCUT2D eigenvalue weighted by Gasteiger charge is 2.20. The summed E-state index contributed by atoms with van der Waals surface area (Å²) in [5, 5.41) is 18.1. The summed E-state index contributed by atoms with van der Waals surface area (Å²) in [6.45, 7) is 0.392. The van der Waals surface area contributed by atoms with Crippen molar-refractivity contribution < 1.29 is 9.72 Å². The van der Waals surface area contributed by atoms with Gasteiger partial charge in [0.1, 0.15) is 0 Å². The predicted molar refractivity (Wildman–Crippen MR) is 92.7 cm³/mol. The minimum atomic E-state index is -0.495. The number of benzene rings is 2. The summed E-state index contributed by atoms with van der Waals surface area (Å²) in [5.41, 5.74) is 1.63. The van der Waals surface area contributed by atoms with E-state index in [-0.39, 0.29) is 17.3 Å². The zero-order valence-electron chi connectivity index (χ0n) is 12.7. The number of fused-ring (bicyclic) bond motifs is 1. The zero-order chi connectivity index (χ0) is 17.3. The molecule has 122 valence electrons. The number of hydrogen-bond donors (Lipinski definition) is 1. The molecule has 0 atom stereocenters. The summed E-state index contributed by atoms with van der Waals surface area (Å²) in [6, 6.07) is 11.9. The molecule has 3 rings (SSSR count). The van der Waals surface area contributed by atoms with Gasteiger partial charge in [-0.2, -0.15) is 5.10 Å². The summed E-state index contributed by atoms with van der Waals surface area (Å²) in [4.78, 5) is 24.6. The van der Waals surface area contributed by atoms with E-state index in [1.54, 1.807) is 13.1 Å². The predicted octanol–water partition coefficient (Wildman–Crippen LogP) is 3.51. The first kappa shape index (κ1) is 16.1. The number of nitro benzene ring substituents is 1. The largest absolute Gasteiger partial charge is 0.336 e. The van der Waals surface area contributed by atoms with E-state index in [0.29, 0.717) is 17.4 Å². The Morgan fingerprint density at radius 1 is 1.33 bits per heavy atom. The Balaban J connectivity index is 1.92. The molecule has 1 N–H and O–H groups in total. The van der Waals surface area contributed by atoms with E-state index in [1.165, 1.54) is 17.0 Å². The van der Waals surface area contributed by atoms with Gasteiger partial charge in [0.15, 0.2) is 5.69 Å². The zero-order valence-corrected chi connectivity index (χ0v) is 14.3. The Hall–Kier alpha value is -2.74. The van der Waals surface area contributed by atoms with Gasteiger partial charge in [-0.25, -0.2) is 0 Å². The number of aromatic nitrogens is 2. The molecule has 0 radical (unpaired) electrons. The standard InChI is InChI=1S/C16H13BrN4O3/c1-20(9-10-4-2-3-5-13(10)17)16(22)15-12-8-11(21(23)24)6-7-14(12)18-19-15/h2-8H,9H2,1H3,(H,18,19). The molecule has 1 heterocycles. The van der Waals surface area contributed by atoms with Gasteiger partial charge in [0.25, 0.3) is 11.6 Å². The van der Waals surface area contributed by atoms with Crippen LogP contribution in [0.3, 0.4) is 0 Å². The molecule has 0 bridgehead atoms. The van der Waals surface area contributed by atoms with Crippen molar-refractivity contribution in [2.75, 3.05) is 7.05 Å². The van der Waals surface area contributed by atoms with Gasteiger partial charge < -0.3 is 4.90 Å². The SMILES string of the molecule is CN(Cc1ccccc1Br)C(=O)c1n[nH]c2ccc([N+](=O)[O-])cc12. The second-order valence-corrected chi connectivity index (χ2v) is 6.17. The monoisotopic (exact) mass is 388 g/mol. The van der Waals surface area contributed by atoms with Crippen LogP contribution < -0.4 is 0 Å². The fourth-order valence-corrected chi connectivity index (χ4v) is 2.82. The van der Waals surface area contributed by atoms with E-state index in [1.807, 2.05) is 24.3 Å². The van der Waals surface area contributed by atoms with Crippen molar-refractivity contribution in [3.05, 3.63) is 68.3 Å². The number of carbonyl (C=O) groups excluding carboxylic acids is 1. The molecular formula is C16H13BrN4O3. The Kier molecular flexibility index (Phi) is 4.30. The number of nitrogens with zero attached hydrogens (tertiary/aromatic N) is 3. The van der Waals surface area contributed by atoms with Gasteiger partial charge in [-0.3, -0.25) is 20.0 Å². The van der Waals surface area contributed by atoms with Crippen LogP contribution in [0.25, 0.3) is 10.9 Å². The molecule has 0 aliphatic heterocycles. The average Bonchev–Trinajstić information content (AvgIpc) is 2.99. The smallest absolute Gasteiger partial charge is 0.275 e. The van der Waals surface area contributed by atoms with Crippen LogP contribution in [0.4, 0.5) is 5.69 Å². The number of amides is 1. The van der Waals surface area contributed by atoms with Crippen LogP contribution in [-0.2, 0) is 6.54 Å². The molecule has 3 aromatic rings. The molecule has 0 saturated carbocycles. The van der Waals surface area contributed by atoms with Gasteiger partial charge in [-0.1, -0.05) is 34.1 Å². The van der Waals surface area contributed by atoms with Crippen LogP contribution >= 0.6 is 15.9 Å². The number of nitrogens with one attached hydrogen (secondary N) is 1. The number of rotatable bonds is 4. The summed E-state index contributed by atoms with van der Waals surface area (Å²) in [7, 11) is 1.67. The first-order valence-corrected chi connectivity index (χ1v) is 7.88. The molecule has 0 fully saturated rings. The van der Waals surface area contributed by atoms with Crippen molar-refractivity contribution in [3.63, 3.8) is 0 Å². The van der Waals surface area contributed by atoms with Gasteiger partial charge in [-0.05, 0) is 17.7 Å². The maximum Gasteiger partial charge on any atom is 0.275 e. The van der Waals surface area contributed by atoms with Crippen LogP contribution in [0.15, 0.2) is 46.9 Å². The third-order valence-electron chi connectivity index (χ3n) is 3.67. The minimum Gasteiger partial charge on any atom is -0.336 e. The lowest BCUT2D eigenvalue weighted by Gasteiger charge is -2.17. The number of nitro groups is 1. The minimum absolute atomic E-state index is 0.0774. The third-order valence-corrected chi connectivity index (χ3v) is 4.45. The summed E-state index contributed by atoms with van der Waals surface area (Å²) in [6.07, 6.45) is 0. The number of carbonyl (C=O) groups is 1. The van der Waals surface area contributed by atoms with E-state index in [9.17, 15) is 14.9 Å². The van der Waals surface area contributed by atoms with Gasteiger partial charge in [0.05, 0.1) is 10.4 Å². The molecule has 1 amide bonds. The molecule has 0 saturated heterocycles.